The van der Waals surface area contributed by atoms with E-state index in [1.807, 2.05) is 6.07 Å². The van der Waals surface area contributed by atoms with Gasteiger partial charge in [-0.05, 0) is 25.0 Å². The molecule has 0 radical (unpaired) electrons. The number of pyridine rings is 1. The first-order valence-corrected chi connectivity index (χ1v) is 6.78. The van der Waals surface area contributed by atoms with Crippen molar-refractivity contribution in [3.63, 3.8) is 0 Å². The zero-order chi connectivity index (χ0) is 12.7. The second-order valence-electron chi connectivity index (χ2n) is 3.79. The maximum absolute atomic E-state index is 11.6. The van der Waals surface area contributed by atoms with Crippen molar-refractivity contribution in [2.75, 3.05) is 11.5 Å². The van der Waals surface area contributed by atoms with Crippen LogP contribution >= 0.6 is 11.8 Å². The molecule has 5 heteroatoms. The smallest absolute Gasteiger partial charge is 0.230 e. The summed E-state index contributed by atoms with van der Waals surface area (Å²) < 4.78 is 0. The lowest BCUT2D eigenvalue weighted by Crippen LogP contribution is -2.34. The van der Waals surface area contributed by atoms with Crippen LogP contribution in [0, 0.1) is 0 Å². The van der Waals surface area contributed by atoms with Crippen LogP contribution in [0.2, 0.25) is 0 Å². The summed E-state index contributed by atoms with van der Waals surface area (Å²) in [6.45, 7) is 4.15. The van der Waals surface area contributed by atoms with E-state index in [0.29, 0.717) is 11.6 Å². The van der Waals surface area contributed by atoms with Gasteiger partial charge in [0.05, 0.1) is 5.75 Å². The van der Waals surface area contributed by atoms with Gasteiger partial charge in [0, 0.05) is 17.1 Å². The Labute approximate surface area is 106 Å². The third-order valence-corrected chi connectivity index (χ3v) is 3.46. The molecule has 94 valence electrons. The van der Waals surface area contributed by atoms with Crippen molar-refractivity contribution in [3.05, 3.63) is 18.3 Å². The molecule has 0 saturated heterocycles. The first kappa shape index (κ1) is 13.8. The van der Waals surface area contributed by atoms with Crippen molar-refractivity contribution in [1.82, 2.24) is 10.3 Å². The predicted octanol–water partition coefficient (Wildman–Crippen LogP) is 2.06. The van der Waals surface area contributed by atoms with Crippen LogP contribution in [-0.2, 0) is 4.79 Å². The van der Waals surface area contributed by atoms with Gasteiger partial charge < -0.3 is 11.1 Å². The topological polar surface area (TPSA) is 68.0 Å². The number of anilines is 1. The Bertz CT molecular complexity index is 349. The van der Waals surface area contributed by atoms with Crippen LogP contribution in [0.3, 0.4) is 0 Å². The minimum Gasteiger partial charge on any atom is -0.384 e. The van der Waals surface area contributed by atoms with E-state index in [2.05, 4.69) is 24.1 Å². The van der Waals surface area contributed by atoms with Crippen LogP contribution < -0.4 is 11.1 Å². The fourth-order valence-corrected chi connectivity index (χ4v) is 2.06. The zero-order valence-electron chi connectivity index (χ0n) is 10.3. The van der Waals surface area contributed by atoms with Crippen molar-refractivity contribution in [2.24, 2.45) is 0 Å². The molecular weight excluding hydrogens is 234 g/mol. The molecule has 1 amide bonds. The number of nitrogens with one attached hydrogen (secondary N) is 1. The second-order valence-corrected chi connectivity index (χ2v) is 4.84. The number of hydrogen-bond acceptors (Lipinski definition) is 4. The van der Waals surface area contributed by atoms with E-state index in [4.69, 9.17) is 5.73 Å². The molecule has 1 rings (SSSR count). The van der Waals surface area contributed by atoms with Crippen molar-refractivity contribution in [2.45, 2.75) is 37.6 Å². The van der Waals surface area contributed by atoms with Gasteiger partial charge in [-0.3, -0.25) is 4.79 Å². The summed E-state index contributed by atoms with van der Waals surface area (Å²) in [5.41, 5.74) is 5.48. The number of nitrogens with zero attached hydrogens (tertiary/aromatic N) is 1. The lowest BCUT2D eigenvalue weighted by Gasteiger charge is -2.14. The summed E-state index contributed by atoms with van der Waals surface area (Å²) in [6.07, 6.45) is 3.62. The van der Waals surface area contributed by atoms with Gasteiger partial charge in [-0.15, -0.1) is 11.8 Å². The maximum Gasteiger partial charge on any atom is 0.230 e. The molecule has 0 aromatic carbocycles. The zero-order valence-corrected chi connectivity index (χ0v) is 11.1. The summed E-state index contributed by atoms with van der Waals surface area (Å²) in [6, 6.07) is 3.89. The first-order chi connectivity index (χ1) is 8.15. The normalized spacial score (nSPS) is 10.5. The number of hydrogen-bond donors (Lipinski definition) is 2. The molecule has 1 heterocycles. The highest BCUT2D eigenvalue weighted by molar-refractivity contribution is 8.00. The lowest BCUT2D eigenvalue weighted by atomic mass is 10.2. The number of thioether (sulfide) groups is 1. The molecule has 3 N–H and O–H groups in total. The molecule has 0 atom stereocenters. The molecule has 0 saturated carbocycles. The molecule has 0 bridgehead atoms. The van der Waals surface area contributed by atoms with Crippen LogP contribution in [0.1, 0.15) is 26.7 Å². The Morgan fingerprint density at radius 2 is 2.18 bits per heavy atom. The number of amides is 1. The Hall–Kier alpha value is -1.23. The van der Waals surface area contributed by atoms with E-state index >= 15 is 0 Å². The highest BCUT2D eigenvalue weighted by atomic mass is 32.2. The highest BCUT2D eigenvalue weighted by Gasteiger charge is 2.08. The number of nitrogens with two attached hydrogens (primary N) is 1. The molecule has 4 nitrogen and oxygen atoms in total. The van der Waals surface area contributed by atoms with Crippen LogP contribution in [0.5, 0.6) is 0 Å². The SMILES string of the molecule is CCC(CC)NC(=O)CSc1ccc(N)nc1. The molecular formula is C12H19N3OS. The monoisotopic (exact) mass is 253 g/mol. The van der Waals surface area contributed by atoms with Crippen molar-refractivity contribution >= 4 is 23.5 Å². The van der Waals surface area contributed by atoms with Crippen molar-refractivity contribution in [3.8, 4) is 0 Å². The molecule has 1 aromatic heterocycles. The highest BCUT2D eigenvalue weighted by Crippen LogP contribution is 2.17. The summed E-state index contributed by atoms with van der Waals surface area (Å²) in [7, 11) is 0. The van der Waals surface area contributed by atoms with E-state index < -0.39 is 0 Å². The van der Waals surface area contributed by atoms with Gasteiger partial charge in [-0.25, -0.2) is 4.98 Å². The molecule has 0 aliphatic carbocycles. The van der Waals surface area contributed by atoms with Gasteiger partial charge in [0.25, 0.3) is 0 Å². The summed E-state index contributed by atoms with van der Waals surface area (Å²) in [5.74, 6) is 0.985. The summed E-state index contributed by atoms with van der Waals surface area (Å²) in [5, 5.41) is 2.99. The van der Waals surface area contributed by atoms with Crippen molar-refractivity contribution in [1.29, 1.82) is 0 Å². The molecule has 1 aromatic rings. The van der Waals surface area contributed by atoms with Gasteiger partial charge in [0.15, 0.2) is 0 Å². The molecule has 0 aliphatic rings. The molecule has 0 unspecified atom stereocenters. The number of carbonyl (C=O) groups is 1. The Balaban J connectivity index is 2.35. The summed E-state index contributed by atoms with van der Waals surface area (Å²) in [4.78, 5) is 16.6. The van der Waals surface area contributed by atoms with Gasteiger partial charge in [-0.1, -0.05) is 13.8 Å². The number of rotatable bonds is 6. The fraction of sp³-hybridized carbons (Fsp3) is 0.500. The number of carbonyl (C=O) groups excluding carboxylic acids is 1. The average molecular weight is 253 g/mol. The molecule has 0 spiro atoms. The minimum atomic E-state index is 0.0699. The molecule has 0 fully saturated rings. The van der Waals surface area contributed by atoms with E-state index in [1.165, 1.54) is 11.8 Å². The van der Waals surface area contributed by atoms with Gasteiger partial charge >= 0.3 is 0 Å². The van der Waals surface area contributed by atoms with Crippen LogP contribution in [0.4, 0.5) is 5.82 Å². The second kappa shape index (κ2) is 7.17. The quantitative estimate of drug-likeness (QED) is 0.761. The van der Waals surface area contributed by atoms with Crippen molar-refractivity contribution < 1.29 is 4.79 Å². The van der Waals surface area contributed by atoms with E-state index in [-0.39, 0.29) is 11.9 Å². The van der Waals surface area contributed by atoms with Gasteiger partial charge in [0.1, 0.15) is 5.82 Å². The fourth-order valence-electron chi connectivity index (χ4n) is 1.39. The largest absolute Gasteiger partial charge is 0.384 e. The molecule has 17 heavy (non-hydrogen) atoms. The Morgan fingerprint density at radius 1 is 1.47 bits per heavy atom. The van der Waals surface area contributed by atoms with E-state index in [9.17, 15) is 4.79 Å². The maximum atomic E-state index is 11.6. The van der Waals surface area contributed by atoms with Crippen LogP contribution in [0.15, 0.2) is 23.2 Å². The number of aromatic nitrogens is 1. The minimum absolute atomic E-state index is 0.0699. The van der Waals surface area contributed by atoms with Gasteiger partial charge in [-0.2, -0.15) is 0 Å². The average Bonchev–Trinajstić information content (AvgIpc) is 2.35. The first-order valence-electron chi connectivity index (χ1n) is 5.79. The lowest BCUT2D eigenvalue weighted by molar-refractivity contribution is -0.119. The van der Waals surface area contributed by atoms with E-state index in [0.717, 1.165) is 17.7 Å². The standard InChI is InChI=1S/C12H19N3OS/c1-3-9(4-2)15-12(16)8-17-10-5-6-11(13)14-7-10/h5-7,9H,3-4,8H2,1-2H3,(H2,13,14)(H,15,16). The van der Waals surface area contributed by atoms with Gasteiger partial charge in [0.2, 0.25) is 5.91 Å². The predicted molar refractivity (Wildman–Crippen MR) is 71.9 cm³/mol. The number of nitrogen functional groups attached to an aromatic ring is 1. The van der Waals surface area contributed by atoms with Crippen LogP contribution in [0.25, 0.3) is 0 Å². The molecule has 0 aliphatic heterocycles. The Kier molecular flexibility index (Phi) is 5.83. The van der Waals surface area contributed by atoms with Crippen LogP contribution in [-0.4, -0.2) is 22.7 Å². The third-order valence-electron chi connectivity index (χ3n) is 2.48. The summed E-state index contributed by atoms with van der Waals surface area (Å²) >= 11 is 1.47. The van der Waals surface area contributed by atoms with E-state index in [1.54, 1.807) is 12.3 Å². The third kappa shape index (κ3) is 5.08. The Morgan fingerprint density at radius 3 is 2.71 bits per heavy atom.